The zero-order valence-electron chi connectivity index (χ0n) is 16.7. The van der Waals surface area contributed by atoms with E-state index in [4.69, 9.17) is 4.98 Å². The van der Waals surface area contributed by atoms with E-state index in [9.17, 15) is 4.79 Å². The highest BCUT2D eigenvalue weighted by Gasteiger charge is 2.29. The van der Waals surface area contributed by atoms with Gasteiger partial charge in [0, 0.05) is 56.2 Å². The highest BCUT2D eigenvalue weighted by molar-refractivity contribution is 7.15. The van der Waals surface area contributed by atoms with Crippen LogP contribution in [0.2, 0.25) is 0 Å². The molecule has 5 heterocycles. The van der Waals surface area contributed by atoms with E-state index in [0.717, 1.165) is 62.6 Å². The normalized spacial score (nSPS) is 20.7. The predicted molar refractivity (Wildman–Crippen MR) is 113 cm³/mol. The van der Waals surface area contributed by atoms with Gasteiger partial charge in [-0.3, -0.25) is 14.1 Å². The second kappa shape index (κ2) is 8.28. The van der Waals surface area contributed by atoms with Gasteiger partial charge in [-0.25, -0.2) is 9.97 Å². The van der Waals surface area contributed by atoms with Crippen LogP contribution >= 0.6 is 11.3 Å². The molecule has 2 aliphatic rings. The molecule has 0 aromatic carbocycles. The average Bonchev–Trinajstić information content (AvgIpc) is 3.53. The molecule has 0 radical (unpaired) electrons. The lowest BCUT2D eigenvalue weighted by Gasteiger charge is -2.36. The van der Waals surface area contributed by atoms with Crippen LogP contribution in [0.3, 0.4) is 0 Å². The van der Waals surface area contributed by atoms with Gasteiger partial charge in [0.1, 0.15) is 0 Å². The third-order valence-electron chi connectivity index (χ3n) is 6.34. The van der Waals surface area contributed by atoms with E-state index >= 15 is 0 Å². The smallest absolute Gasteiger partial charge is 0.274 e. The maximum atomic E-state index is 13.2. The van der Waals surface area contributed by atoms with E-state index in [2.05, 4.69) is 30.4 Å². The Morgan fingerprint density at radius 3 is 2.83 bits per heavy atom. The maximum Gasteiger partial charge on any atom is 0.274 e. The van der Waals surface area contributed by atoms with Crippen LogP contribution in [0.4, 0.5) is 0 Å². The number of hydrogen-bond acceptors (Lipinski definition) is 5. The number of rotatable bonds is 6. The molecular weight excluding hydrogens is 384 g/mol. The van der Waals surface area contributed by atoms with E-state index in [0.29, 0.717) is 11.7 Å². The number of likely N-dealkylation sites (tertiary alicyclic amines) is 2. The second-order valence-corrected chi connectivity index (χ2v) is 9.04. The lowest BCUT2D eigenvalue weighted by Crippen LogP contribution is -2.40. The summed E-state index contributed by atoms with van der Waals surface area (Å²) in [5.74, 6) is 0.111. The fourth-order valence-corrected chi connectivity index (χ4v) is 5.46. The highest BCUT2D eigenvalue weighted by atomic mass is 32.1. The molecule has 0 bridgehead atoms. The molecule has 3 aromatic heterocycles. The molecule has 0 N–H and O–H groups in total. The van der Waals surface area contributed by atoms with E-state index in [1.54, 1.807) is 11.3 Å². The number of fused-ring (bicyclic) bond motifs is 1. The maximum absolute atomic E-state index is 13.2. The summed E-state index contributed by atoms with van der Waals surface area (Å²) in [5, 5.41) is 2.06. The summed E-state index contributed by atoms with van der Waals surface area (Å²) in [4.78, 5) is 27.5. The van der Waals surface area contributed by atoms with Crippen molar-refractivity contribution in [1.82, 2.24) is 28.7 Å². The van der Waals surface area contributed by atoms with Gasteiger partial charge in [-0.05, 0) is 38.6 Å². The Kier molecular flexibility index (Phi) is 5.37. The summed E-state index contributed by atoms with van der Waals surface area (Å²) in [6, 6.07) is 0.532. The molecule has 5 rings (SSSR count). The van der Waals surface area contributed by atoms with Crippen LogP contribution in [0.1, 0.15) is 54.7 Å². The van der Waals surface area contributed by atoms with Crippen molar-refractivity contribution in [2.24, 2.45) is 0 Å². The third-order valence-corrected chi connectivity index (χ3v) is 7.10. The van der Waals surface area contributed by atoms with Crippen LogP contribution in [-0.2, 0) is 13.1 Å². The first-order valence-electron chi connectivity index (χ1n) is 10.7. The number of hydrogen-bond donors (Lipinski definition) is 0. The summed E-state index contributed by atoms with van der Waals surface area (Å²) in [6.45, 7) is 4.59. The van der Waals surface area contributed by atoms with Crippen LogP contribution in [0.25, 0.3) is 4.96 Å². The van der Waals surface area contributed by atoms with Crippen LogP contribution in [0.5, 0.6) is 0 Å². The van der Waals surface area contributed by atoms with Gasteiger partial charge in [-0.15, -0.1) is 11.3 Å². The molecule has 0 spiro atoms. The van der Waals surface area contributed by atoms with Crippen molar-refractivity contribution >= 4 is 22.2 Å². The zero-order chi connectivity index (χ0) is 19.6. The number of imidazole rings is 2. The minimum absolute atomic E-state index is 0.111. The van der Waals surface area contributed by atoms with E-state index in [-0.39, 0.29) is 5.91 Å². The Balaban J connectivity index is 1.38. The fourth-order valence-electron chi connectivity index (χ4n) is 4.73. The fraction of sp³-hybridized carbons (Fsp3) is 0.571. The van der Waals surface area contributed by atoms with E-state index in [1.807, 2.05) is 23.6 Å². The quantitative estimate of drug-likeness (QED) is 0.623. The molecular formula is C21H28N6OS. The monoisotopic (exact) mass is 412 g/mol. The minimum atomic E-state index is 0.111. The summed E-state index contributed by atoms with van der Waals surface area (Å²) >= 11 is 1.61. The molecule has 7 nitrogen and oxygen atoms in total. The Morgan fingerprint density at radius 1 is 1.14 bits per heavy atom. The van der Waals surface area contributed by atoms with Crippen LogP contribution in [0, 0.1) is 0 Å². The largest absolute Gasteiger partial charge is 0.337 e. The zero-order valence-corrected chi connectivity index (χ0v) is 17.6. The van der Waals surface area contributed by atoms with Crippen molar-refractivity contribution in [2.75, 3.05) is 19.6 Å². The van der Waals surface area contributed by atoms with Crippen LogP contribution in [0.15, 0.2) is 30.3 Å². The molecule has 2 aliphatic heterocycles. The standard InChI is InChI=1S/C21H28N6OS/c28-20(25-8-3-4-9-25)19-18(27-13-14-29-21(27)23-19)15-26-10-2-1-5-17(26)6-11-24-12-7-22-16-24/h7,12-14,16-17H,1-6,8-11,15H2. The van der Waals surface area contributed by atoms with E-state index < -0.39 is 0 Å². The Bertz CT molecular complexity index is 955. The van der Waals surface area contributed by atoms with Gasteiger partial charge in [-0.2, -0.15) is 0 Å². The van der Waals surface area contributed by atoms with Crippen molar-refractivity contribution in [3.8, 4) is 0 Å². The highest BCUT2D eigenvalue weighted by Crippen LogP contribution is 2.26. The van der Waals surface area contributed by atoms with Gasteiger partial charge in [0.2, 0.25) is 0 Å². The number of thiazole rings is 1. The number of carbonyl (C=O) groups excluding carboxylic acids is 1. The molecule has 0 aliphatic carbocycles. The summed E-state index contributed by atoms with van der Waals surface area (Å²) in [6.07, 6.45) is 14.9. The number of aryl methyl sites for hydroxylation is 1. The van der Waals surface area contributed by atoms with Gasteiger partial charge in [-0.1, -0.05) is 6.42 Å². The lowest BCUT2D eigenvalue weighted by molar-refractivity contribution is 0.0781. The number of carbonyl (C=O) groups is 1. The van der Waals surface area contributed by atoms with E-state index in [1.165, 1.54) is 19.3 Å². The van der Waals surface area contributed by atoms with Gasteiger partial charge < -0.3 is 9.47 Å². The molecule has 1 amide bonds. The van der Waals surface area contributed by atoms with Gasteiger partial charge in [0.05, 0.1) is 12.0 Å². The summed E-state index contributed by atoms with van der Waals surface area (Å²) in [5.41, 5.74) is 1.73. The second-order valence-electron chi connectivity index (χ2n) is 8.17. The first kappa shape index (κ1) is 18.8. The Morgan fingerprint density at radius 2 is 2.00 bits per heavy atom. The molecule has 2 fully saturated rings. The SMILES string of the molecule is O=C(c1nc2sccn2c1CN1CCCCC1CCn1ccnc1)N1CCCC1. The number of nitrogens with zero attached hydrogens (tertiary/aromatic N) is 6. The molecule has 3 aromatic rings. The molecule has 29 heavy (non-hydrogen) atoms. The predicted octanol–water partition coefficient (Wildman–Crippen LogP) is 3.27. The van der Waals surface area contributed by atoms with Crippen molar-refractivity contribution in [2.45, 2.75) is 57.7 Å². The first-order valence-corrected chi connectivity index (χ1v) is 11.6. The molecule has 1 atom stereocenters. The minimum Gasteiger partial charge on any atom is -0.337 e. The van der Waals surface area contributed by atoms with Crippen molar-refractivity contribution in [3.63, 3.8) is 0 Å². The summed E-state index contributed by atoms with van der Waals surface area (Å²) < 4.78 is 4.29. The molecule has 0 saturated carbocycles. The first-order chi connectivity index (χ1) is 14.3. The average molecular weight is 413 g/mol. The van der Waals surface area contributed by atoms with Gasteiger partial charge in [0.25, 0.3) is 5.91 Å². The number of amides is 1. The number of aromatic nitrogens is 4. The van der Waals surface area contributed by atoms with Crippen molar-refractivity contribution in [1.29, 1.82) is 0 Å². The topological polar surface area (TPSA) is 58.7 Å². The lowest BCUT2D eigenvalue weighted by atomic mass is 9.99. The number of piperidine rings is 1. The Hall–Kier alpha value is -2.19. The van der Waals surface area contributed by atoms with Gasteiger partial charge >= 0.3 is 0 Å². The molecule has 2 saturated heterocycles. The van der Waals surface area contributed by atoms with Crippen molar-refractivity contribution < 1.29 is 4.79 Å². The molecule has 8 heteroatoms. The molecule has 154 valence electrons. The van der Waals surface area contributed by atoms with Crippen molar-refractivity contribution in [3.05, 3.63) is 41.7 Å². The third kappa shape index (κ3) is 3.83. The van der Waals surface area contributed by atoms with Crippen LogP contribution < -0.4 is 0 Å². The summed E-state index contributed by atoms with van der Waals surface area (Å²) in [7, 11) is 0. The molecule has 1 unspecified atom stereocenters. The van der Waals surface area contributed by atoms with Gasteiger partial charge in [0.15, 0.2) is 10.7 Å². The Labute approximate surface area is 175 Å². The van der Waals surface area contributed by atoms with Crippen LogP contribution in [-0.4, -0.2) is 60.3 Å².